The van der Waals surface area contributed by atoms with Crippen LogP contribution in [0.25, 0.3) is 0 Å². The molecule has 1 aliphatic heterocycles. The van der Waals surface area contributed by atoms with Gasteiger partial charge in [-0.2, -0.15) is 0 Å². The minimum absolute atomic E-state index is 0.0190. The van der Waals surface area contributed by atoms with Gasteiger partial charge in [0.25, 0.3) is 0 Å². The molecule has 25 heavy (non-hydrogen) atoms. The molecule has 2 aromatic rings. The van der Waals surface area contributed by atoms with Crippen molar-refractivity contribution in [2.75, 3.05) is 13.1 Å². The van der Waals surface area contributed by atoms with E-state index in [4.69, 9.17) is 0 Å². The first-order valence-corrected chi connectivity index (χ1v) is 9.39. The van der Waals surface area contributed by atoms with Gasteiger partial charge in [-0.3, -0.25) is 9.69 Å². The number of hydrogen-bond donors (Lipinski definition) is 1. The van der Waals surface area contributed by atoms with Crippen LogP contribution in [0.4, 0.5) is 4.39 Å². The number of amides is 1. The van der Waals surface area contributed by atoms with E-state index in [0.29, 0.717) is 10.0 Å². The number of carbonyl (C=O) groups excluding carboxylic acids is 1. The van der Waals surface area contributed by atoms with Crippen molar-refractivity contribution in [1.29, 1.82) is 0 Å². The molecule has 3 nitrogen and oxygen atoms in total. The van der Waals surface area contributed by atoms with Crippen LogP contribution in [0, 0.1) is 11.7 Å². The lowest BCUT2D eigenvalue weighted by molar-refractivity contribution is -0.126. The molecule has 0 aromatic heterocycles. The van der Waals surface area contributed by atoms with E-state index >= 15 is 0 Å². The predicted molar refractivity (Wildman–Crippen MR) is 100 cm³/mol. The van der Waals surface area contributed by atoms with Crippen LogP contribution in [0.1, 0.15) is 24.0 Å². The maximum Gasteiger partial charge on any atom is 0.223 e. The van der Waals surface area contributed by atoms with Crippen LogP contribution in [0.15, 0.2) is 53.0 Å². The van der Waals surface area contributed by atoms with E-state index in [0.717, 1.165) is 32.5 Å². The average Bonchev–Trinajstić information content (AvgIpc) is 2.62. The van der Waals surface area contributed by atoms with Crippen molar-refractivity contribution >= 4 is 21.8 Å². The highest BCUT2D eigenvalue weighted by Crippen LogP contribution is 2.20. The summed E-state index contributed by atoms with van der Waals surface area (Å²) < 4.78 is 14.5. The number of nitrogens with zero attached hydrogens (tertiary/aromatic N) is 1. The third-order valence-corrected chi connectivity index (χ3v) is 5.17. The second-order valence-corrected chi connectivity index (χ2v) is 7.41. The van der Waals surface area contributed by atoms with E-state index in [-0.39, 0.29) is 24.2 Å². The fourth-order valence-corrected chi connectivity index (χ4v) is 3.52. The largest absolute Gasteiger partial charge is 0.352 e. The van der Waals surface area contributed by atoms with E-state index < -0.39 is 0 Å². The second kappa shape index (κ2) is 8.59. The molecule has 0 saturated carbocycles. The number of piperidine rings is 1. The van der Waals surface area contributed by atoms with Gasteiger partial charge >= 0.3 is 0 Å². The normalized spacial score (nSPS) is 15.9. The Bertz CT molecular complexity index is 715. The molecule has 1 fully saturated rings. The SMILES string of the molecule is O=C(NCc1ccc(Br)cc1F)C1CCN(Cc2ccccc2)CC1. The summed E-state index contributed by atoms with van der Waals surface area (Å²) in [5.41, 5.74) is 1.81. The van der Waals surface area contributed by atoms with Crippen molar-refractivity contribution in [3.8, 4) is 0 Å². The zero-order valence-corrected chi connectivity index (χ0v) is 15.6. The number of carbonyl (C=O) groups is 1. The molecular weight excluding hydrogens is 383 g/mol. The Morgan fingerprint density at radius 2 is 1.88 bits per heavy atom. The Hall–Kier alpha value is -1.72. The summed E-state index contributed by atoms with van der Waals surface area (Å²) in [6.07, 6.45) is 1.70. The van der Waals surface area contributed by atoms with Crippen molar-refractivity contribution in [3.05, 3.63) is 69.9 Å². The van der Waals surface area contributed by atoms with Gasteiger partial charge in [0.05, 0.1) is 0 Å². The average molecular weight is 405 g/mol. The fraction of sp³-hybridized carbons (Fsp3) is 0.350. The van der Waals surface area contributed by atoms with Crippen molar-refractivity contribution in [3.63, 3.8) is 0 Å². The van der Waals surface area contributed by atoms with Crippen molar-refractivity contribution in [1.82, 2.24) is 10.2 Å². The molecule has 0 spiro atoms. The molecule has 0 unspecified atom stereocenters. The lowest BCUT2D eigenvalue weighted by Crippen LogP contribution is -2.40. The minimum Gasteiger partial charge on any atom is -0.352 e. The maximum atomic E-state index is 13.8. The maximum absolute atomic E-state index is 13.8. The summed E-state index contributed by atoms with van der Waals surface area (Å²) >= 11 is 3.24. The van der Waals surface area contributed by atoms with Crippen LogP contribution in [-0.2, 0) is 17.9 Å². The molecule has 3 rings (SSSR count). The Kier molecular flexibility index (Phi) is 6.21. The van der Waals surface area contributed by atoms with E-state index in [1.165, 1.54) is 11.6 Å². The molecule has 2 aromatic carbocycles. The standard InChI is InChI=1S/C20H22BrFN2O/c21-18-7-6-17(19(22)12-18)13-23-20(25)16-8-10-24(11-9-16)14-15-4-2-1-3-5-15/h1-7,12,16H,8-11,13-14H2,(H,23,25). The summed E-state index contributed by atoms with van der Waals surface area (Å²) in [4.78, 5) is 14.7. The first-order valence-electron chi connectivity index (χ1n) is 8.60. The van der Waals surface area contributed by atoms with Gasteiger partial charge in [0.15, 0.2) is 0 Å². The van der Waals surface area contributed by atoms with Gasteiger partial charge in [-0.05, 0) is 43.6 Å². The van der Waals surface area contributed by atoms with E-state index in [1.807, 2.05) is 6.07 Å². The monoisotopic (exact) mass is 404 g/mol. The molecule has 5 heteroatoms. The number of halogens is 2. The molecule has 132 valence electrons. The summed E-state index contributed by atoms with van der Waals surface area (Å²) in [5, 5.41) is 2.88. The molecule has 1 saturated heterocycles. The van der Waals surface area contributed by atoms with Crippen molar-refractivity contribution < 1.29 is 9.18 Å². The van der Waals surface area contributed by atoms with Gasteiger partial charge in [-0.25, -0.2) is 4.39 Å². The Morgan fingerprint density at radius 1 is 1.16 bits per heavy atom. The van der Waals surface area contributed by atoms with Gasteiger partial charge in [-0.15, -0.1) is 0 Å². The molecule has 1 N–H and O–H groups in total. The summed E-state index contributed by atoms with van der Waals surface area (Å²) in [5.74, 6) is -0.250. The second-order valence-electron chi connectivity index (χ2n) is 6.49. The van der Waals surface area contributed by atoms with Crippen molar-refractivity contribution in [2.45, 2.75) is 25.9 Å². The zero-order chi connectivity index (χ0) is 17.6. The number of likely N-dealkylation sites (tertiary alicyclic amines) is 1. The third-order valence-electron chi connectivity index (χ3n) is 4.68. The van der Waals surface area contributed by atoms with Crippen LogP contribution >= 0.6 is 15.9 Å². The minimum atomic E-state index is -0.299. The molecule has 1 aliphatic rings. The van der Waals surface area contributed by atoms with E-state index in [1.54, 1.807) is 12.1 Å². The highest BCUT2D eigenvalue weighted by Gasteiger charge is 2.24. The fourth-order valence-electron chi connectivity index (χ4n) is 3.19. The quantitative estimate of drug-likeness (QED) is 0.812. The smallest absolute Gasteiger partial charge is 0.223 e. The topological polar surface area (TPSA) is 32.3 Å². The van der Waals surface area contributed by atoms with Crippen LogP contribution in [0.5, 0.6) is 0 Å². The molecule has 1 heterocycles. The molecule has 0 aliphatic carbocycles. The van der Waals surface area contributed by atoms with Gasteiger partial charge in [0, 0.05) is 29.0 Å². The van der Waals surface area contributed by atoms with Gasteiger partial charge in [0.1, 0.15) is 5.82 Å². The van der Waals surface area contributed by atoms with Crippen LogP contribution in [0.3, 0.4) is 0 Å². The summed E-state index contributed by atoms with van der Waals surface area (Å²) in [6, 6.07) is 15.3. The molecule has 1 amide bonds. The lowest BCUT2D eigenvalue weighted by Gasteiger charge is -2.31. The molecular formula is C20H22BrFN2O. The van der Waals surface area contributed by atoms with E-state index in [2.05, 4.69) is 50.4 Å². The summed E-state index contributed by atoms with van der Waals surface area (Å²) in [7, 11) is 0. The first kappa shape index (κ1) is 18.1. The highest BCUT2D eigenvalue weighted by molar-refractivity contribution is 9.10. The first-order chi connectivity index (χ1) is 12.1. The molecule has 0 radical (unpaired) electrons. The predicted octanol–water partition coefficient (Wildman–Crippen LogP) is 4.12. The van der Waals surface area contributed by atoms with Crippen LogP contribution in [-0.4, -0.2) is 23.9 Å². The Morgan fingerprint density at radius 3 is 2.56 bits per heavy atom. The van der Waals surface area contributed by atoms with Crippen LogP contribution < -0.4 is 5.32 Å². The zero-order valence-electron chi connectivity index (χ0n) is 14.1. The molecule has 0 atom stereocenters. The molecule has 0 bridgehead atoms. The van der Waals surface area contributed by atoms with Crippen molar-refractivity contribution in [2.24, 2.45) is 5.92 Å². The highest BCUT2D eigenvalue weighted by atomic mass is 79.9. The Labute approximate surface area is 156 Å². The van der Waals surface area contributed by atoms with E-state index in [9.17, 15) is 9.18 Å². The van der Waals surface area contributed by atoms with Gasteiger partial charge in [-0.1, -0.05) is 52.3 Å². The number of hydrogen-bond acceptors (Lipinski definition) is 2. The lowest BCUT2D eigenvalue weighted by atomic mass is 9.95. The Balaban J connectivity index is 1.45. The van der Waals surface area contributed by atoms with Gasteiger partial charge < -0.3 is 5.32 Å². The third kappa shape index (κ3) is 5.13. The number of rotatable bonds is 5. The summed E-state index contributed by atoms with van der Waals surface area (Å²) in [6.45, 7) is 3.00. The number of nitrogens with one attached hydrogen (secondary N) is 1. The van der Waals surface area contributed by atoms with Gasteiger partial charge in [0.2, 0.25) is 5.91 Å². The number of benzene rings is 2. The van der Waals surface area contributed by atoms with Crippen LogP contribution in [0.2, 0.25) is 0 Å².